The highest BCUT2D eigenvalue weighted by Crippen LogP contribution is 2.15. The molecule has 5 nitrogen and oxygen atoms in total. The number of aliphatic hydroxyl groups excluding tert-OH is 1. The summed E-state index contributed by atoms with van der Waals surface area (Å²) < 4.78 is 0. The minimum absolute atomic E-state index is 0.286. The first-order valence-corrected chi connectivity index (χ1v) is 8.07. The molecule has 1 amide bonds. The second kappa shape index (κ2) is 7.27. The number of nitrogens with one attached hydrogen (secondary N) is 1. The van der Waals surface area contributed by atoms with Gasteiger partial charge < -0.3 is 15.0 Å². The number of carbonyl (C=O) groups excluding carboxylic acids is 1. The summed E-state index contributed by atoms with van der Waals surface area (Å²) in [6, 6.07) is 16.9. The predicted octanol–water partition coefficient (Wildman–Crippen LogP) is 2.69. The molecule has 2 aromatic carbocycles. The van der Waals surface area contributed by atoms with E-state index in [1.165, 1.54) is 0 Å². The van der Waals surface area contributed by atoms with E-state index in [1.54, 1.807) is 24.1 Å². The van der Waals surface area contributed by atoms with Gasteiger partial charge in [-0.2, -0.15) is 0 Å². The zero-order valence-electron chi connectivity index (χ0n) is 13.6. The van der Waals surface area contributed by atoms with E-state index < -0.39 is 6.10 Å². The number of amides is 1. The lowest BCUT2D eigenvalue weighted by molar-refractivity contribution is -0.139. The molecule has 3 rings (SSSR count). The fourth-order valence-corrected chi connectivity index (χ4v) is 2.70. The number of fused-ring (bicyclic) bond motifs is 1. The van der Waals surface area contributed by atoms with Crippen LogP contribution in [0.5, 0.6) is 0 Å². The first kappa shape index (κ1) is 16.2. The molecule has 1 aromatic heterocycles. The Morgan fingerprint density at radius 3 is 2.62 bits per heavy atom. The maximum atomic E-state index is 12.3. The quantitative estimate of drug-likeness (QED) is 0.733. The molecule has 0 aliphatic carbocycles. The van der Waals surface area contributed by atoms with Crippen LogP contribution < -0.4 is 0 Å². The van der Waals surface area contributed by atoms with Gasteiger partial charge in [0.05, 0.1) is 11.0 Å². The monoisotopic (exact) mass is 323 g/mol. The summed E-state index contributed by atoms with van der Waals surface area (Å²) in [5.74, 6) is 0.631. The van der Waals surface area contributed by atoms with Crippen molar-refractivity contribution in [3.8, 4) is 0 Å². The standard InChI is InChI=1S/C19H21N3O2/c1-22(19(24)18(23)14-8-3-2-4-9-14)13-7-12-17-20-15-10-5-6-11-16(15)21-17/h2-6,8-11,18,23H,7,12-13H2,1H3,(H,20,21). The third-order valence-electron chi connectivity index (χ3n) is 4.07. The largest absolute Gasteiger partial charge is 0.378 e. The Kier molecular flexibility index (Phi) is 4.91. The Bertz CT molecular complexity index is 781. The first-order valence-electron chi connectivity index (χ1n) is 8.07. The van der Waals surface area contributed by atoms with Crippen LogP contribution in [0.3, 0.4) is 0 Å². The number of aromatic amines is 1. The van der Waals surface area contributed by atoms with Crippen molar-refractivity contribution in [2.75, 3.05) is 13.6 Å². The number of para-hydroxylation sites is 2. The molecule has 5 heteroatoms. The van der Waals surface area contributed by atoms with Crippen LogP contribution in [-0.4, -0.2) is 39.5 Å². The first-order chi connectivity index (χ1) is 11.6. The summed E-state index contributed by atoms with van der Waals surface area (Å²) in [5.41, 5.74) is 2.60. The molecule has 0 aliphatic rings. The van der Waals surface area contributed by atoms with Crippen LogP contribution in [0.25, 0.3) is 11.0 Å². The molecule has 24 heavy (non-hydrogen) atoms. The SMILES string of the molecule is CN(CCCc1nc2ccccc2[nH]1)C(=O)C(O)c1ccccc1. The van der Waals surface area contributed by atoms with Crippen molar-refractivity contribution in [2.24, 2.45) is 0 Å². The van der Waals surface area contributed by atoms with Gasteiger partial charge in [-0.3, -0.25) is 4.79 Å². The van der Waals surface area contributed by atoms with Crippen molar-refractivity contribution in [1.82, 2.24) is 14.9 Å². The number of rotatable bonds is 6. The van der Waals surface area contributed by atoms with Crippen LogP contribution in [-0.2, 0) is 11.2 Å². The van der Waals surface area contributed by atoms with Crippen molar-refractivity contribution < 1.29 is 9.90 Å². The van der Waals surface area contributed by atoms with Crippen LogP contribution in [0.1, 0.15) is 23.9 Å². The molecule has 0 fully saturated rings. The minimum atomic E-state index is -1.11. The van der Waals surface area contributed by atoms with Gasteiger partial charge in [0.1, 0.15) is 5.82 Å². The number of hydrogen-bond acceptors (Lipinski definition) is 3. The molecule has 1 atom stereocenters. The van der Waals surface area contributed by atoms with E-state index in [2.05, 4.69) is 9.97 Å². The average molecular weight is 323 g/mol. The highest BCUT2D eigenvalue weighted by atomic mass is 16.3. The molecule has 0 aliphatic heterocycles. The van der Waals surface area contributed by atoms with Gasteiger partial charge in [-0.1, -0.05) is 42.5 Å². The van der Waals surface area contributed by atoms with Crippen LogP contribution in [0.15, 0.2) is 54.6 Å². The molecule has 2 N–H and O–H groups in total. The number of hydrogen-bond donors (Lipinski definition) is 2. The highest BCUT2D eigenvalue weighted by molar-refractivity contribution is 5.81. The topological polar surface area (TPSA) is 69.2 Å². The van der Waals surface area contributed by atoms with Crippen LogP contribution in [0.4, 0.5) is 0 Å². The fraction of sp³-hybridized carbons (Fsp3) is 0.263. The summed E-state index contributed by atoms with van der Waals surface area (Å²) in [6.45, 7) is 0.569. The van der Waals surface area contributed by atoms with Crippen molar-refractivity contribution in [3.63, 3.8) is 0 Å². The highest BCUT2D eigenvalue weighted by Gasteiger charge is 2.20. The lowest BCUT2D eigenvalue weighted by atomic mass is 10.1. The molecule has 0 radical (unpaired) electrons. The van der Waals surface area contributed by atoms with E-state index in [4.69, 9.17) is 0 Å². The zero-order chi connectivity index (χ0) is 16.9. The van der Waals surface area contributed by atoms with Gasteiger partial charge in [-0.25, -0.2) is 4.98 Å². The van der Waals surface area contributed by atoms with E-state index in [0.29, 0.717) is 12.1 Å². The minimum Gasteiger partial charge on any atom is -0.378 e. The third-order valence-corrected chi connectivity index (χ3v) is 4.07. The lowest BCUT2D eigenvalue weighted by Gasteiger charge is -2.20. The van der Waals surface area contributed by atoms with Gasteiger partial charge in [0.25, 0.3) is 5.91 Å². The van der Waals surface area contributed by atoms with Gasteiger partial charge in [0.15, 0.2) is 6.10 Å². The Labute approximate surface area is 141 Å². The number of benzene rings is 2. The molecule has 124 valence electrons. The van der Waals surface area contributed by atoms with E-state index in [0.717, 1.165) is 29.7 Å². The van der Waals surface area contributed by atoms with Crippen molar-refractivity contribution >= 4 is 16.9 Å². The number of carbonyl (C=O) groups is 1. The Morgan fingerprint density at radius 2 is 1.88 bits per heavy atom. The third kappa shape index (κ3) is 3.63. The Hall–Kier alpha value is -2.66. The number of imidazole rings is 1. The second-order valence-electron chi connectivity index (χ2n) is 5.88. The summed E-state index contributed by atoms with van der Waals surface area (Å²) in [6.07, 6.45) is 0.430. The van der Waals surface area contributed by atoms with E-state index >= 15 is 0 Å². The van der Waals surface area contributed by atoms with Crippen molar-refractivity contribution in [3.05, 3.63) is 66.0 Å². The van der Waals surface area contributed by atoms with Crippen molar-refractivity contribution in [1.29, 1.82) is 0 Å². The summed E-state index contributed by atoms with van der Waals surface area (Å²) in [7, 11) is 1.72. The maximum absolute atomic E-state index is 12.3. The number of aryl methyl sites for hydroxylation is 1. The second-order valence-corrected chi connectivity index (χ2v) is 5.88. The Balaban J connectivity index is 1.53. The molecule has 0 spiro atoms. The summed E-state index contributed by atoms with van der Waals surface area (Å²) in [5, 5.41) is 10.2. The van der Waals surface area contributed by atoms with Gasteiger partial charge in [-0.15, -0.1) is 0 Å². The molecule has 0 saturated heterocycles. The summed E-state index contributed by atoms with van der Waals surface area (Å²) in [4.78, 5) is 21.7. The lowest BCUT2D eigenvalue weighted by Crippen LogP contribution is -2.32. The number of nitrogens with zero attached hydrogens (tertiary/aromatic N) is 2. The van der Waals surface area contributed by atoms with Crippen LogP contribution in [0, 0.1) is 0 Å². The molecular formula is C19H21N3O2. The van der Waals surface area contributed by atoms with Gasteiger partial charge in [-0.05, 0) is 24.1 Å². The van der Waals surface area contributed by atoms with Crippen LogP contribution >= 0.6 is 0 Å². The molecular weight excluding hydrogens is 302 g/mol. The van der Waals surface area contributed by atoms with Gasteiger partial charge in [0.2, 0.25) is 0 Å². The smallest absolute Gasteiger partial charge is 0.255 e. The number of aliphatic hydroxyl groups is 1. The number of aromatic nitrogens is 2. The zero-order valence-corrected chi connectivity index (χ0v) is 13.6. The van der Waals surface area contributed by atoms with Gasteiger partial charge in [0, 0.05) is 20.0 Å². The van der Waals surface area contributed by atoms with E-state index in [1.807, 2.05) is 42.5 Å². The number of H-pyrrole nitrogens is 1. The number of likely N-dealkylation sites (N-methyl/N-ethyl adjacent to an activating group) is 1. The summed E-state index contributed by atoms with van der Waals surface area (Å²) >= 11 is 0. The van der Waals surface area contributed by atoms with Crippen molar-refractivity contribution in [2.45, 2.75) is 18.9 Å². The predicted molar refractivity (Wildman–Crippen MR) is 93.5 cm³/mol. The van der Waals surface area contributed by atoms with E-state index in [-0.39, 0.29) is 5.91 Å². The Morgan fingerprint density at radius 1 is 1.17 bits per heavy atom. The maximum Gasteiger partial charge on any atom is 0.255 e. The molecule has 0 saturated carbocycles. The normalized spacial score (nSPS) is 12.2. The molecule has 1 unspecified atom stereocenters. The molecule has 1 heterocycles. The van der Waals surface area contributed by atoms with Gasteiger partial charge >= 0.3 is 0 Å². The average Bonchev–Trinajstić information content (AvgIpc) is 3.03. The molecule has 3 aromatic rings. The van der Waals surface area contributed by atoms with E-state index in [9.17, 15) is 9.90 Å². The fourth-order valence-electron chi connectivity index (χ4n) is 2.70. The van der Waals surface area contributed by atoms with Crippen LogP contribution in [0.2, 0.25) is 0 Å². The molecule has 0 bridgehead atoms.